The Labute approximate surface area is 115 Å². The van der Waals surface area contributed by atoms with Crippen LogP contribution >= 0.6 is 23.7 Å². The number of halogens is 1. The fraction of sp³-hybridized carbons (Fsp3) is 0.182. The van der Waals surface area contributed by atoms with Crippen molar-refractivity contribution >= 4 is 34.8 Å². The molecule has 0 aliphatic carbocycles. The van der Waals surface area contributed by atoms with Crippen LogP contribution in [0, 0.1) is 6.92 Å². The number of hydrazine groups is 1. The maximum absolute atomic E-state index is 10.7. The van der Waals surface area contributed by atoms with Crippen molar-refractivity contribution in [2.45, 2.75) is 13.8 Å². The Morgan fingerprint density at radius 2 is 2.00 bits per heavy atom. The first-order valence-corrected chi connectivity index (χ1v) is 5.90. The molecule has 2 N–H and O–H groups in total. The highest BCUT2D eigenvalue weighted by molar-refractivity contribution is 7.18. The van der Waals surface area contributed by atoms with Gasteiger partial charge in [-0.3, -0.25) is 15.6 Å². The van der Waals surface area contributed by atoms with Gasteiger partial charge in [0, 0.05) is 12.5 Å². The molecule has 2 aromatic rings. The second kappa shape index (κ2) is 6.32. The molecule has 96 valence electrons. The lowest BCUT2D eigenvalue weighted by Gasteiger charge is -2.00. The van der Waals surface area contributed by atoms with Gasteiger partial charge in [0.25, 0.3) is 0 Å². The van der Waals surface area contributed by atoms with Gasteiger partial charge in [0.05, 0.1) is 0 Å². The zero-order valence-corrected chi connectivity index (χ0v) is 11.6. The number of nitrogens with zero attached hydrogens (tertiary/aromatic N) is 2. The summed E-state index contributed by atoms with van der Waals surface area (Å²) in [5, 5.41) is 9.43. The summed E-state index contributed by atoms with van der Waals surface area (Å²) >= 11 is 1.39. The summed E-state index contributed by atoms with van der Waals surface area (Å²) in [5.74, 6) is -0.169. The molecule has 0 spiro atoms. The van der Waals surface area contributed by atoms with Crippen LogP contribution in [-0.4, -0.2) is 16.1 Å². The van der Waals surface area contributed by atoms with Gasteiger partial charge in [-0.25, -0.2) is 0 Å². The molecule has 7 heteroatoms. The minimum Gasteiger partial charge on any atom is -0.274 e. The molecule has 0 radical (unpaired) electrons. The highest BCUT2D eigenvalue weighted by Gasteiger charge is 2.08. The van der Waals surface area contributed by atoms with E-state index in [-0.39, 0.29) is 18.3 Å². The van der Waals surface area contributed by atoms with Crippen LogP contribution in [0.1, 0.15) is 12.5 Å². The number of carbonyl (C=O) groups is 1. The first-order chi connectivity index (χ1) is 8.16. The van der Waals surface area contributed by atoms with E-state index in [9.17, 15) is 4.79 Å². The second-order valence-corrected chi connectivity index (χ2v) is 4.51. The van der Waals surface area contributed by atoms with Gasteiger partial charge in [0.15, 0.2) is 0 Å². The molecule has 1 aromatic heterocycles. The number of carbonyl (C=O) groups excluding carboxylic acids is 1. The number of nitrogens with one attached hydrogen (secondary N) is 2. The minimum atomic E-state index is -0.169. The van der Waals surface area contributed by atoms with Crippen molar-refractivity contribution in [3.05, 3.63) is 29.8 Å². The molecule has 2 rings (SSSR count). The molecule has 0 unspecified atom stereocenters. The third-order valence-electron chi connectivity index (χ3n) is 2.15. The molecule has 0 aliphatic rings. The number of aromatic nitrogens is 2. The van der Waals surface area contributed by atoms with E-state index in [1.165, 1.54) is 18.3 Å². The molecular formula is C11H13ClN4OS. The highest BCUT2D eigenvalue weighted by Crippen LogP contribution is 2.28. The Balaban J connectivity index is 0.00000162. The Bertz CT molecular complexity index is 543. The zero-order chi connectivity index (χ0) is 12.3. The van der Waals surface area contributed by atoms with Crippen LogP contribution in [0.25, 0.3) is 10.6 Å². The number of anilines is 1. The van der Waals surface area contributed by atoms with Gasteiger partial charge in [-0.15, -0.1) is 22.6 Å². The van der Waals surface area contributed by atoms with Crippen LogP contribution in [0.3, 0.4) is 0 Å². The van der Waals surface area contributed by atoms with E-state index < -0.39 is 0 Å². The van der Waals surface area contributed by atoms with Crippen LogP contribution in [0.5, 0.6) is 0 Å². The molecule has 1 aromatic carbocycles. The van der Waals surface area contributed by atoms with Crippen molar-refractivity contribution in [2.24, 2.45) is 0 Å². The first kappa shape index (κ1) is 14.4. The largest absolute Gasteiger partial charge is 0.274 e. The molecule has 1 heterocycles. The van der Waals surface area contributed by atoms with Crippen molar-refractivity contribution in [1.82, 2.24) is 15.6 Å². The van der Waals surface area contributed by atoms with Crippen molar-refractivity contribution in [3.63, 3.8) is 0 Å². The Morgan fingerprint density at radius 3 is 2.67 bits per heavy atom. The van der Waals surface area contributed by atoms with Crippen molar-refractivity contribution in [1.29, 1.82) is 0 Å². The Hall–Kier alpha value is -1.66. The van der Waals surface area contributed by atoms with Crippen LogP contribution in [0.15, 0.2) is 24.3 Å². The molecular weight excluding hydrogens is 272 g/mol. The first-order valence-electron chi connectivity index (χ1n) is 5.09. The predicted molar refractivity (Wildman–Crippen MR) is 74.8 cm³/mol. The lowest BCUT2D eigenvalue weighted by atomic mass is 10.1. The number of rotatable bonds is 3. The van der Waals surface area contributed by atoms with E-state index in [0.29, 0.717) is 5.13 Å². The van der Waals surface area contributed by atoms with Gasteiger partial charge < -0.3 is 0 Å². The fourth-order valence-corrected chi connectivity index (χ4v) is 2.12. The molecule has 0 saturated carbocycles. The average molecular weight is 285 g/mol. The van der Waals surface area contributed by atoms with E-state index in [4.69, 9.17) is 0 Å². The van der Waals surface area contributed by atoms with Gasteiger partial charge in [0.2, 0.25) is 11.0 Å². The summed E-state index contributed by atoms with van der Waals surface area (Å²) < 4.78 is 0. The van der Waals surface area contributed by atoms with Gasteiger partial charge in [-0.1, -0.05) is 35.6 Å². The van der Waals surface area contributed by atoms with Crippen LogP contribution < -0.4 is 10.9 Å². The SMILES string of the molecule is CC(=O)NNc1nnc(-c2ccccc2C)s1.Cl. The maximum Gasteiger partial charge on any atom is 0.235 e. The molecule has 18 heavy (non-hydrogen) atoms. The summed E-state index contributed by atoms with van der Waals surface area (Å²) in [6.45, 7) is 3.45. The topological polar surface area (TPSA) is 66.9 Å². The minimum absolute atomic E-state index is 0. The lowest BCUT2D eigenvalue weighted by Crippen LogP contribution is -2.26. The third kappa shape index (κ3) is 3.41. The Morgan fingerprint density at radius 1 is 1.28 bits per heavy atom. The monoisotopic (exact) mass is 284 g/mol. The Kier molecular flexibility index (Phi) is 5.06. The van der Waals surface area contributed by atoms with Crippen molar-refractivity contribution in [2.75, 3.05) is 5.43 Å². The molecule has 0 saturated heterocycles. The third-order valence-corrected chi connectivity index (χ3v) is 3.02. The number of amides is 1. The van der Waals surface area contributed by atoms with Gasteiger partial charge in [-0.2, -0.15) is 0 Å². The summed E-state index contributed by atoms with van der Waals surface area (Å²) in [5.41, 5.74) is 7.36. The van der Waals surface area contributed by atoms with Gasteiger partial charge in [-0.05, 0) is 12.5 Å². The smallest absolute Gasteiger partial charge is 0.235 e. The van der Waals surface area contributed by atoms with E-state index in [2.05, 4.69) is 21.0 Å². The van der Waals surface area contributed by atoms with E-state index in [1.807, 2.05) is 31.2 Å². The molecule has 0 fully saturated rings. The van der Waals surface area contributed by atoms with E-state index in [0.717, 1.165) is 16.1 Å². The number of hydrogen-bond donors (Lipinski definition) is 2. The van der Waals surface area contributed by atoms with Crippen molar-refractivity contribution in [3.8, 4) is 10.6 Å². The normalized spacial score (nSPS) is 9.44. The number of benzene rings is 1. The van der Waals surface area contributed by atoms with Crippen LogP contribution in [0.2, 0.25) is 0 Å². The fourth-order valence-electron chi connectivity index (χ4n) is 1.34. The van der Waals surface area contributed by atoms with E-state index in [1.54, 1.807) is 0 Å². The summed E-state index contributed by atoms with van der Waals surface area (Å²) in [6, 6.07) is 7.97. The molecule has 1 amide bonds. The van der Waals surface area contributed by atoms with Crippen LogP contribution in [-0.2, 0) is 4.79 Å². The molecule has 0 atom stereocenters. The van der Waals surface area contributed by atoms with Gasteiger partial charge in [0.1, 0.15) is 5.01 Å². The standard InChI is InChI=1S/C11H12N4OS.ClH/c1-7-5-3-4-6-9(7)10-13-15-11(17-10)14-12-8(2)16;/h3-6H,1-2H3,(H,12,16)(H,14,15);1H. The quantitative estimate of drug-likeness (QED) is 0.850. The second-order valence-electron chi connectivity index (χ2n) is 3.53. The molecule has 0 bridgehead atoms. The summed E-state index contributed by atoms with van der Waals surface area (Å²) in [4.78, 5) is 10.7. The van der Waals surface area contributed by atoms with E-state index >= 15 is 0 Å². The molecule has 5 nitrogen and oxygen atoms in total. The maximum atomic E-state index is 10.7. The average Bonchev–Trinajstić information content (AvgIpc) is 2.75. The zero-order valence-electron chi connectivity index (χ0n) is 9.93. The predicted octanol–water partition coefficient (Wildman–Crippen LogP) is 2.40. The van der Waals surface area contributed by atoms with Gasteiger partial charge >= 0.3 is 0 Å². The van der Waals surface area contributed by atoms with Crippen LogP contribution in [0.4, 0.5) is 5.13 Å². The highest BCUT2D eigenvalue weighted by atomic mass is 35.5. The molecule has 0 aliphatic heterocycles. The number of aryl methyl sites for hydroxylation is 1. The number of hydrogen-bond acceptors (Lipinski definition) is 5. The summed E-state index contributed by atoms with van der Waals surface area (Å²) in [7, 11) is 0. The lowest BCUT2D eigenvalue weighted by molar-refractivity contribution is -0.118. The van der Waals surface area contributed by atoms with Crippen molar-refractivity contribution < 1.29 is 4.79 Å². The summed E-state index contributed by atoms with van der Waals surface area (Å²) in [6.07, 6.45) is 0.